The van der Waals surface area contributed by atoms with Crippen molar-refractivity contribution in [3.63, 3.8) is 0 Å². The minimum Gasteiger partial charge on any atom is -0.508 e. The summed E-state index contributed by atoms with van der Waals surface area (Å²) in [6.45, 7) is 3.32. The van der Waals surface area contributed by atoms with E-state index >= 15 is 0 Å². The lowest BCUT2D eigenvalue weighted by Crippen LogP contribution is -2.43. The van der Waals surface area contributed by atoms with E-state index in [0.717, 1.165) is 5.56 Å². The van der Waals surface area contributed by atoms with Crippen LogP contribution >= 0.6 is 0 Å². The monoisotopic (exact) mass is 395 g/mol. The molecule has 0 spiro atoms. The highest BCUT2D eigenvalue weighted by atomic mass is 16.4. The van der Waals surface area contributed by atoms with Crippen LogP contribution in [0.1, 0.15) is 22.3 Å². The number of carboxylic acid groups (broad SMARTS) is 1. The average molecular weight is 395 g/mol. The lowest BCUT2D eigenvalue weighted by Gasteiger charge is -2.15. The molecule has 0 aliphatic rings. The van der Waals surface area contributed by atoms with E-state index in [1.54, 1.807) is 44.2 Å². The van der Waals surface area contributed by atoms with Gasteiger partial charge in [0.05, 0.1) is 12.0 Å². The molecule has 3 rings (SSSR count). The normalized spacial score (nSPS) is 11.9. The van der Waals surface area contributed by atoms with E-state index in [9.17, 15) is 24.6 Å². The summed E-state index contributed by atoms with van der Waals surface area (Å²) in [7, 11) is 0. The molecule has 150 valence electrons. The van der Waals surface area contributed by atoms with Crippen molar-refractivity contribution in [1.29, 1.82) is 0 Å². The smallest absolute Gasteiger partial charge is 0.340 e. The number of fused-ring (bicyclic) bond motifs is 1. The van der Waals surface area contributed by atoms with Gasteiger partial charge in [-0.2, -0.15) is 0 Å². The number of carbonyl (C=O) groups excluding carboxylic acids is 1. The highest BCUT2D eigenvalue weighted by Gasteiger charge is 2.23. The SMILES string of the molecule is Cc1c(CC(=O)N[C@@H](Cc2ccccc2)C(=O)O)c(=O)oc2c(C)c(O)ccc12. The highest BCUT2D eigenvalue weighted by molar-refractivity contribution is 5.88. The molecule has 2 aromatic carbocycles. The van der Waals surface area contributed by atoms with Gasteiger partial charge in [-0.1, -0.05) is 30.3 Å². The van der Waals surface area contributed by atoms with Gasteiger partial charge < -0.3 is 19.9 Å². The van der Waals surface area contributed by atoms with Crippen molar-refractivity contribution in [2.24, 2.45) is 0 Å². The molecule has 0 radical (unpaired) electrons. The van der Waals surface area contributed by atoms with Gasteiger partial charge in [-0.15, -0.1) is 0 Å². The number of aliphatic carboxylic acids is 1. The summed E-state index contributed by atoms with van der Waals surface area (Å²) in [6, 6.07) is 11.0. The second kappa shape index (κ2) is 8.18. The van der Waals surface area contributed by atoms with Crippen molar-refractivity contribution in [1.82, 2.24) is 5.32 Å². The molecule has 0 aliphatic heterocycles. The van der Waals surface area contributed by atoms with Crippen LogP contribution in [0.15, 0.2) is 51.7 Å². The molecule has 3 N–H and O–H groups in total. The predicted molar refractivity (Wildman–Crippen MR) is 107 cm³/mol. The van der Waals surface area contributed by atoms with Gasteiger partial charge in [-0.3, -0.25) is 4.79 Å². The molecule has 0 bridgehead atoms. The van der Waals surface area contributed by atoms with E-state index in [0.29, 0.717) is 16.5 Å². The van der Waals surface area contributed by atoms with Crippen LogP contribution in [0.2, 0.25) is 0 Å². The fraction of sp³-hybridized carbons (Fsp3) is 0.227. The number of amides is 1. The third kappa shape index (κ3) is 4.29. The van der Waals surface area contributed by atoms with Crippen LogP contribution in [-0.2, 0) is 22.4 Å². The Morgan fingerprint density at radius 3 is 2.41 bits per heavy atom. The number of hydrogen-bond acceptors (Lipinski definition) is 5. The summed E-state index contributed by atoms with van der Waals surface area (Å²) in [4.78, 5) is 36.5. The predicted octanol–water partition coefficient (Wildman–Crippen LogP) is 2.47. The number of rotatable bonds is 6. The molecule has 0 aliphatic carbocycles. The van der Waals surface area contributed by atoms with Gasteiger partial charge in [0, 0.05) is 17.4 Å². The van der Waals surface area contributed by atoms with Crippen molar-refractivity contribution < 1.29 is 24.2 Å². The molecule has 0 saturated carbocycles. The number of benzene rings is 2. The second-order valence-electron chi connectivity index (χ2n) is 6.90. The molecule has 3 aromatic rings. The largest absolute Gasteiger partial charge is 0.508 e. The third-order valence-electron chi connectivity index (χ3n) is 4.93. The van der Waals surface area contributed by atoms with Crippen LogP contribution in [0.4, 0.5) is 0 Å². The summed E-state index contributed by atoms with van der Waals surface area (Å²) in [5, 5.41) is 22.3. The molecule has 0 unspecified atom stereocenters. The van der Waals surface area contributed by atoms with Crippen LogP contribution in [0, 0.1) is 13.8 Å². The molecular formula is C22H21NO6. The summed E-state index contributed by atoms with van der Waals surface area (Å²) < 4.78 is 5.32. The number of nitrogens with one attached hydrogen (secondary N) is 1. The van der Waals surface area contributed by atoms with Gasteiger partial charge in [0.15, 0.2) is 0 Å². The van der Waals surface area contributed by atoms with Crippen molar-refractivity contribution >= 4 is 22.8 Å². The molecule has 1 atom stereocenters. The lowest BCUT2D eigenvalue weighted by atomic mass is 10.0. The standard InChI is InChI=1S/C22H21NO6/c1-12-15-8-9-18(24)13(2)20(15)29-22(28)16(12)11-19(25)23-17(21(26)27)10-14-6-4-3-5-7-14/h3-9,17,24H,10-11H2,1-2H3,(H,23,25)(H,26,27)/t17-/m0/s1. The second-order valence-corrected chi connectivity index (χ2v) is 6.90. The van der Waals surface area contributed by atoms with Crippen LogP contribution in [0.5, 0.6) is 5.75 Å². The first-order chi connectivity index (χ1) is 13.8. The van der Waals surface area contributed by atoms with Gasteiger partial charge >= 0.3 is 11.6 Å². The topological polar surface area (TPSA) is 117 Å². The summed E-state index contributed by atoms with van der Waals surface area (Å²) in [6.07, 6.45) is -0.172. The zero-order valence-electron chi connectivity index (χ0n) is 16.1. The Kier molecular flexibility index (Phi) is 5.68. The number of hydrogen-bond donors (Lipinski definition) is 3. The van der Waals surface area contributed by atoms with Crippen molar-refractivity contribution in [2.45, 2.75) is 32.7 Å². The Morgan fingerprint density at radius 1 is 1.07 bits per heavy atom. The van der Waals surface area contributed by atoms with E-state index in [4.69, 9.17) is 4.42 Å². The number of carbonyl (C=O) groups is 2. The van der Waals surface area contributed by atoms with Gasteiger partial charge in [-0.25, -0.2) is 9.59 Å². The quantitative estimate of drug-likeness (QED) is 0.552. The number of aromatic hydroxyl groups is 1. The number of aryl methyl sites for hydroxylation is 2. The summed E-state index contributed by atoms with van der Waals surface area (Å²) >= 11 is 0. The molecule has 1 amide bonds. The van der Waals surface area contributed by atoms with E-state index in [2.05, 4.69) is 5.32 Å². The Labute approximate surface area is 166 Å². The van der Waals surface area contributed by atoms with Crippen molar-refractivity contribution in [3.8, 4) is 5.75 Å². The minimum absolute atomic E-state index is 0.00996. The number of phenolic OH excluding ortho intramolecular Hbond substituents is 1. The van der Waals surface area contributed by atoms with Crippen LogP contribution in [-0.4, -0.2) is 28.1 Å². The van der Waals surface area contributed by atoms with E-state index in [-0.39, 0.29) is 29.7 Å². The maximum Gasteiger partial charge on any atom is 0.340 e. The zero-order chi connectivity index (χ0) is 21.1. The average Bonchev–Trinajstić information content (AvgIpc) is 2.68. The third-order valence-corrected chi connectivity index (χ3v) is 4.93. The minimum atomic E-state index is -1.16. The first kappa shape index (κ1) is 20.1. The van der Waals surface area contributed by atoms with E-state index in [1.807, 2.05) is 6.07 Å². The van der Waals surface area contributed by atoms with Gasteiger partial charge in [-0.05, 0) is 37.1 Å². The fourth-order valence-electron chi connectivity index (χ4n) is 3.24. The molecule has 7 nitrogen and oxygen atoms in total. The number of phenols is 1. The molecule has 7 heteroatoms. The molecule has 0 fully saturated rings. The molecule has 1 heterocycles. The van der Waals surface area contributed by atoms with Crippen LogP contribution in [0.25, 0.3) is 11.0 Å². The van der Waals surface area contributed by atoms with Crippen molar-refractivity contribution in [3.05, 3.63) is 75.1 Å². The Hall–Kier alpha value is -3.61. The van der Waals surface area contributed by atoms with Gasteiger partial charge in [0.1, 0.15) is 17.4 Å². The first-order valence-corrected chi connectivity index (χ1v) is 9.09. The molecular weight excluding hydrogens is 374 g/mol. The van der Waals surface area contributed by atoms with Gasteiger partial charge in [0.25, 0.3) is 0 Å². The molecule has 1 aromatic heterocycles. The van der Waals surface area contributed by atoms with Crippen LogP contribution < -0.4 is 10.9 Å². The molecule has 0 saturated heterocycles. The van der Waals surface area contributed by atoms with E-state index in [1.165, 1.54) is 6.07 Å². The first-order valence-electron chi connectivity index (χ1n) is 9.09. The Balaban J connectivity index is 1.84. The number of carboxylic acids is 1. The summed E-state index contributed by atoms with van der Waals surface area (Å²) in [5.41, 5.74) is 1.51. The summed E-state index contributed by atoms with van der Waals surface area (Å²) in [5.74, 6) is -1.73. The zero-order valence-corrected chi connectivity index (χ0v) is 16.1. The van der Waals surface area contributed by atoms with E-state index < -0.39 is 23.5 Å². The highest BCUT2D eigenvalue weighted by Crippen LogP contribution is 2.28. The van der Waals surface area contributed by atoms with Crippen LogP contribution in [0.3, 0.4) is 0 Å². The lowest BCUT2D eigenvalue weighted by molar-refractivity contribution is -0.141. The van der Waals surface area contributed by atoms with Crippen molar-refractivity contribution in [2.75, 3.05) is 0 Å². The maximum atomic E-state index is 12.5. The fourth-order valence-corrected chi connectivity index (χ4v) is 3.24. The maximum absolute atomic E-state index is 12.5. The Bertz CT molecular complexity index is 1130. The Morgan fingerprint density at radius 2 is 1.76 bits per heavy atom. The van der Waals surface area contributed by atoms with Gasteiger partial charge in [0.2, 0.25) is 5.91 Å². The molecule has 29 heavy (non-hydrogen) atoms.